The topological polar surface area (TPSA) is 45.2 Å². The van der Waals surface area contributed by atoms with Crippen molar-refractivity contribution in [1.82, 2.24) is 9.88 Å². The smallest absolute Gasteiger partial charge is 0.257 e. The molecule has 0 aliphatic rings. The van der Waals surface area contributed by atoms with E-state index in [-0.39, 0.29) is 28.7 Å². The van der Waals surface area contributed by atoms with Crippen molar-refractivity contribution in [2.24, 2.45) is 5.41 Å². The quantitative estimate of drug-likeness (QED) is 0.922. The molecule has 20 heavy (non-hydrogen) atoms. The highest BCUT2D eigenvalue weighted by atomic mass is 19.1. The van der Waals surface area contributed by atoms with Gasteiger partial charge >= 0.3 is 0 Å². The average molecular weight is 281 g/mol. The van der Waals surface area contributed by atoms with Crippen LogP contribution >= 0.6 is 0 Å². The number of aromatic nitrogens is 1. The third kappa shape index (κ3) is 3.46. The molecule has 0 saturated heterocycles. The summed E-state index contributed by atoms with van der Waals surface area (Å²) in [6.45, 7) is 10.5. The van der Waals surface area contributed by atoms with Crippen molar-refractivity contribution in [3.8, 4) is 0 Å². The highest BCUT2D eigenvalue weighted by Gasteiger charge is 2.29. The molecule has 1 unspecified atom stereocenters. The van der Waals surface area contributed by atoms with Crippen LogP contribution in [0.2, 0.25) is 0 Å². The van der Waals surface area contributed by atoms with E-state index in [1.54, 1.807) is 11.9 Å². The Morgan fingerprint density at radius 1 is 1.50 bits per heavy atom. The van der Waals surface area contributed by atoms with Crippen LogP contribution in [0.15, 0.2) is 12.3 Å². The minimum atomic E-state index is -0.590. The minimum Gasteiger partial charge on any atom is -0.368 e. The molecule has 1 rings (SSSR count). The second kappa shape index (κ2) is 6.20. The summed E-state index contributed by atoms with van der Waals surface area (Å²) in [5.41, 5.74) is -0.0205. The fraction of sp³-hybridized carbons (Fsp3) is 0.600. The molecule has 1 atom stereocenters. The summed E-state index contributed by atoms with van der Waals surface area (Å²) >= 11 is 0. The molecule has 0 fully saturated rings. The van der Waals surface area contributed by atoms with Crippen LogP contribution in [-0.2, 0) is 0 Å². The zero-order chi connectivity index (χ0) is 15.5. The first-order chi connectivity index (χ1) is 9.20. The van der Waals surface area contributed by atoms with Crippen molar-refractivity contribution < 1.29 is 9.18 Å². The minimum absolute atomic E-state index is 0.00912. The second-order valence-electron chi connectivity index (χ2n) is 6.01. The molecule has 0 saturated carbocycles. The Kier molecular flexibility index (Phi) is 5.09. The molecule has 0 spiro atoms. The Labute approximate surface area is 120 Å². The van der Waals surface area contributed by atoms with Crippen molar-refractivity contribution in [3.05, 3.63) is 23.6 Å². The first-order valence-electron chi connectivity index (χ1n) is 6.85. The maximum absolute atomic E-state index is 14.3. The lowest BCUT2D eigenvalue weighted by Gasteiger charge is -2.35. The maximum Gasteiger partial charge on any atom is 0.257 e. The van der Waals surface area contributed by atoms with E-state index < -0.39 is 5.82 Å². The number of nitrogens with zero attached hydrogens (tertiary/aromatic N) is 2. The fourth-order valence-corrected chi connectivity index (χ4v) is 1.85. The third-order valence-corrected chi connectivity index (χ3v) is 3.62. The number of anilines is 1. The van der Waals surface area contributed by atoms with Gasteiger partial charge in [-0.15, -0.1) is 0 Å². The van der Waals surface area contributed by atoms with Gasteiger partial charge in [0, 0.05) is 25.8 Å². The molecule has 0 aliphatic carbocycles. The Balaban J connectivity index is 3.06. The fourth-order valence-electron chi connectivity index (χ4n) is 1.85. The van der Waals surface area contributed by atoms with E-state index >= 15 is 0 Å². The number of carbonyl (C=O) groups excluding carboxylic acids is 1. The van der Waals surface area contributed by atoms with E-state index in [4.69, 9.17) is 0 Å². The Morgan fingerprint density at radius 2 is 2.10 bits per heavy atom. The summed E-state index contributed by atoms with van der Waals surface area (Å²) in [4.78, 5) is 17.9. The summed E-state index contributed by atoms with van der Waals surface area (Å²) < 4.78 is 14.3. The summed E-state index contributed by atoms with van der Waals surface area (Å²) in [6, 6.07) is 1.41. The summed E-state index contributed by atoms with van der Waals surface area (Å²) in [6.07, 6.45) is 1.45. The monoisotopic (exact) mass is 281 g/mol. The number of hydrogen-bond donors (Lipinski definition) is 1. The molecule has 4 nitrogen and oxygen atoms in total. The Hall–Kier alpha value is -1.65. The highest BCUT2D eigenvalue weighted by molar-refractivity contribution is 5.95. The van der Waals surface area contributed by atoms with E-state index in [9.17, 15) is 9.18 Å². The van der Waals surface area contributed by atoms with Crippen LogP contribution in [0.4, 0.5) is 10.2 Å². The van der Waals surface area contributed by atoms with Crippen LogP contribution in [0.1, 0.15) is 45.0 Å². The predicted octanol–water partition coefficient (Wildman–Crippen LogP) is 3.16. The number of halogens is 1. The maximum atomic E-state index is 14.3. The van der Waals surface area contributed by atoms with E-state index in [1.165, 1.54) is 12.3 Å². The normalized spacial score (nSPS) is 12.9. The molecule has 0 aromatic carbocycles. The first-order valence-corrected chi connectivity index (χ1v) is 6.85. The van der Waals surface area contributed by atoms with Crippen LogP contribution < -0.4 is 5.32 Å². The molecule has 112 valence electrons. The summed E-state index contributed by atoms with van der Waals surface area (Å²) in [7, 11) is 1.70. The van der Waals surface area contributed by atoms with Crippen molar-refractivity contribution in [1.29, 1.82) is 0 Å². The van der Waals surface area contributed by atoms with Crippen LogP contribution in [0.5, 0.6) is 0 Å². The highest BCUT2D eigenvalue weighted by Crippen LogP contribution is 2.25. The molecule has 1 heterocycles. The Morgan fingerprint density at radius 3 is 2.60 bits per heavy atom. The first kappa shape index (κ1) is 16.4. The lowest BCUT2D eigenvalue weighted by Crippen LogP contribution is -2.43. The molecule has 1 amide bonds. The van der Waals surface area contributed by atoms with Gasteiger partial charge in [-0.3, -0.25) is 4.79 Å². The molecule has 0 aliphatic heterocycles. The number of hydrogen-bond acceptors (Lipinski definition) is 3. The molecular weight excluding hydrogens is 257 g/mol. The lowest BCUT2D eigenvalue weighted by atomic mass is 9.87. The van der Waals surface area contributed by atoms with Gasteiger partial charge in [-0.25, -0.2) is 9.37 Å². The van der Waals surface area contributed by atoms with Crippen molar-refractivity contribution in [2.75, 3.05) is 18.9 Å². The number of carbonyl (C=O) groups is 1. The molecule has 0 bridgehead atoms. The second-order valence-corrected chi connectivity index (χ2v) is 6.01. The predicted molar refractivity (Wildman–Crippen MR) is 79.4 cm³/mol. The largest absolute Gasteiger partial charge is 0.368 e. The number of nitrogens with one attached hydrogen (secondary N) is 1. The zero-order valence-electron chi connectivity index (χ0n) is 13.1. The van der Waals surface area contributed by atoms with E-state index in [1.807, 2.05) is 13.8 Å². The SMILES string of the molecule is CCNc1nccc(C(=O)N(C)C(C)C(C)(C)C)c1F. The van der Waals surface area contributed by atoms with Crippen molar-refractivity contribution in [2.45, 2.75) is 40.7 Å². The number of pyridine rings is 1. The zero-order valence-corrected chi connectivity index (χ0v) is 13.1. The Bertz CT molecular complexity index is 482. The van der Waals surface area contributed by atoms with Crippen LogP contribution in [0, 0.1) is 11.2 Å². The number of rotatable bonds is 4. The van der Waals surface area contributed by atoms with Gasteiger partial charge < -0.3 is 10.2 Å². The van der Waals surface area contributed by atoms with Gasteiger partial charge in [0.2, 0.25) is 0 Å². The van der Waals surface area contributed by atoms with E-state index in [0.717, 1.165) is 0 Å². The standard InChI is InChI=1S/C15H24FN3O/c1-7-17-13-12(16)11(8-9-18-13)14(20)19(6)10(2)15(3,4)5/h8-10H,7H2,1-6H3,(H,17,18). The molecule has 1 N–H and O–H groups in total. The summed E-state index contributed by atoms with van der Waals surface area (Å²) in [5, 5.41) is 2.81. The van der Waals surface area contributed by atoms with Gasteiger partial charge in [0.05, 0.1) is 5.56 Å². The van der Waals surface area contributed by atoms with Crippen LogP contribution in [-0.4, -0.2) is 35.4 Å². The van der Waals surface area contributed by atoms with E-state index in [0.29, 0.717) is 6.54 Å². The number of amides is 1. The molecule has 1 aromatic heterocycles. The van der Waals surface area contributed by atoms with Crippen molar-refractivity contribution >= 4 is 11.7 Å². The lowest BCUT2D eigenvalue weighted by molar-refractivity contribution is 0.0624. The molecule has 5 heteroatoms. The van der Waals surface area contributed by atoms with E-state index in [2.05, 4.69) is 31.1 Å². The molecular formula is C15H24FN3O. The van der Waals surface area contributed by atoms with Crippen molar-refractivity contribution in [3.63, 3.8) is 0 Å². The van der Waals surface area contributed by atoms with Gasteiger partial charge in [0.15, 0.2) is 11.6 Å². The molecule has 0 radical (unpaired) electrons. The molecule has 1 aromatic rings. The summed E-state index contributed by atoms with van der Waals surface area (Å²) in [5.74, 6) is -0.797. The van der Waals surface area contributed by atoms with Gasteiger partial charge in [-0.05, 0) is 25.3 Å². The van der Waals surface area contributed by atoms with Crippen LogP contribution in [0.3, 0.4) is 0 Å². The third-order valence-electron chi connectivity index (χ3n) is 3.62. The van der Waals surface area contributed by atoms with Gasteiger partial charge in [-0.1, -0.05) is 20.8 Å². The van der Waals surface area contributed by atoms with Crippen LogP contribution in [0.25, 0.3) is 0 Å². The van der Waals surface area contributed by atoms with Gasteiger partial charge in [-0.2, -0.15) is 0 Å². The average Bonchev–Trinajstić information content (AvgIpc) is 2.38. The van der Waals surface area contributed by atoms with Gasteiger partial charge in [0.1, 0.15) is 0 Å². The van der Waals surface area contributed by atoms with Gasteiger partial charge in [0.25, 0.3) is 5.91 Å².